The zero-order valence-corrected chi connectivity index (χ0v) is 10.5. The number of nitrogens with zero attached hydrogens (tertiary/aromatic N) is 2. The molecule has 2 heterocycles. The number of hydrogen-bond acceptors (Lipinski definition) is 4. The number of rotatable bonds is 3. The van der Waals surface area contributed by atoms with Crippen molar-refractivity contribution in [2.45, 2.75) is 25.3 Å². The van der Waals surface area contributed by atoms with Gasteiger partial charge in [-0.1, -0.05) is 6.07 Å². The fourth-order valence-electron chi connectivity index (χ4n) is 2.28. The van der Waals surface area contributed by atoms with E-state index in [2.05, 4.69) is 4.98 Å². The molecule has 1 aromatic heterocycles. The van der Waals surface area contributed by atoms with Crippen LogP contribution in [0.5, 0.6) is 0 Å². The molecule has 0 saturated carbocycles. The Bertz CT molecular complexity index is 489. The molecule has 1 amide bonds. The highest BCUT2D eigenvalue weighted by Gasteiger charge is 2.27. The van der Waals surface area contributed by atoms with E-state index >= 15 is 0 Å². The lowest BCUT2D eigenvalue weighted by Gasteiger charge is -2.34. The van der Waals surface area contributed by atoms with Gasteiger partial charge >= 0.3 is 5.97 Å². The van der Waals surface area contributed by atoms with Crippen molar-refractivity contribution in [3.05, 3.63) is 29.6 Å². The number of carboxylic acids is 1. The van der Waals surface area contributed by atoms with Crippen LogP contribution in [0.4, 0.5) is 0 Å². The van der Waals surface area contributed by atoms with Crippen LogP contribution in [0.2, 0.25) is 0 Å². The Hall–Kier alpha value is -1.95. The van der Waals surface area contributed by atoms with Crippen molar-refractivity contribution >= 4 is 11.9 Å². The number of aliphatic hydroxyl groups excluding tert-OH is 1. The summed E-state index contributed by atoms with van der Waals surface area (Å²) in [6.45, 7) is 0.493. The van der Waals surface area contributed by atoms with Crippen molar-refractivity contribution < 1.29 is 19.8 Å². The molecule has 1 aliphatic heterocycles. The average molecular weight is 264 g/mol. The quantitative estimate of drug-likeness (QED) is 0.841. The topological polar surface area (TPSA) is 90.7 Å². The number of hydrogen-bond donors (Lipinski definition) is 2. The van der Waals surface area contributed by atoms with Gasteiger partial charge in [0.2, 0.25) is 0 Å². The molecule has 6 heteroatoms. The SMILES string of the molecule is O=C(O)c1cccc(C(=O)N2CCCCC2CO)n1. The Morgan fingerprint density at radius 1 is 1.32 bits per heavy atom. The molecule has 0 spiro atoms. The van der Waals surface area contributed by atoms with E-state index in [0.29, 0.717) is 6.54 Å². The Balaban J connectivity index is 2.22. The largest absolute Gasteiger partial charge is 0.477 e. The molecule has 1 aromatic rings. The molecule has 0 radical (unpaired) electrons. The molecule has 0 aliphatic carbocycles. The second kappa shape index (κ2) is 5.79. The fraction of sp³-hybridized carbons (Fsp3) is 0.462. The number of aromatic nitrogens is 1. The maximum Gasteiger partial charge on any atom is 0.354 e. The van der Waals surface area contributed by atoms with Gasteiger partial charge in [-0.2, -0.15) is 0 Å². The van der Waals surface area contributed by atoms with Crippen molar-refractivity contribution in [3.63, 3.8) is 0 Å². The van der Waals surface area contributed by atoms with Crippen molar-refractivity contribution in [2.75, 3.05) is 13.2 Å². The van der Waals surface area contributed by atoms with Gasteiger partial charge in [0.1, 0.15) is 11.4 Å². The van der Waals surface area contributed by atoms with Crippen molar-refractivity contribution in [2.24, 2.45) is 0 Å². The summed E-state index contributed by atoms with van der Waals surface area (Å²) < 4.78 is 0. The number of carbonyl (C=O) groups is 2. The number of aliphatic hydroxyl groups is 1. The van der Waals surface area contributed by atoms with E-state index in [1.165, 1.54) is 18.2 Å². The third kappa shape index (κ3) is 2.90. The predicted octanol–water partition coefficient (Wildman–Crippen LogP) is 0.767. The van der Waals surface area contributed by atoms with Gasteiger partial charge in [-0.05, 0) is 31.4 Å². The molecule has 1 fully saturated rings. The van der Waals surface area contributed by atoms with Crippen LogP contribution in [0.3, 0.4) is 0 Å². The van der Waals surface area contributed by atoms with E-state index in [1.54, 1.807) is 4.90 Å². The van der Waals surface area contributed by atoms with Crippen LogP contribution in [0.15, 0.2) is 18.2 Å². The smallest absolute Gasteiger partial charge is 0.354 e. The Morgan fingerprint density at radius 3 is 2.74 bits per heavy atom. The average Bonchev–Trinajstić information content (AvgIpc) is 2.46. The number of likely N-dealkylation sites (tertiary alicyclic amines) is 1. The van der Waals surface area contributed by atoms with Gasteiger partial charge in [-0.15, -0.1) is 0 Å². The summed E-state index contributed by atoms with van der Waals surface area (Å²) in [6, 6.07) is 4.15. The van der Waals surface area contributed by atoms with Gasteiger partial charge in [0.25, 0.3) is 5.91 Å². The maximum atomic E-state index is 12.3. The van der Waals surface area contributed by atoms with E-state index in [-0.39, 0.29) is 29.9 Å². The highest BCUT2D eigenvalue weighted by molar-refractivity contribution is 5.94. The minimum atomic E-state index is -1.16. The Labute approximate surface area is 110 Å². The van der Waals surface area contributed by atoms with Gasteiger partial charge in [0, 0.05) is 6.54 Å². The number of aromatic carboxylic acids is 1. The zero-order valence-electron chi connectivity index (χ0n) is 10.5. The van der Waals surface area contributed by atoms with Gasteiger partial charge in [-0.25, -0.2) is 9.78 Å². The minimum Gasteiger partial charge on any atom is -0.477 e. The van der Waals surface area contributed by atoms with E-state index in [1.807, 2.05) is 0 Å². The number of pyridine rings is 1. The molecule has 0 aromatic carbocycles. The van der Waals surface area contributed by atoms with Crippen LogP contribution in [-0.4, -0.2) is 51.2 Å². The summed E-state index contributed by atoms with van der Waals surface area (Å²) in [7, 11) is 0. The molecule has 2 N–H and O–H groups in total. The normalized spacial score (nSPS) is 19.2. The van der Waals surface area contributed by atoms with Gasteiger partial charge in [-0.3, -0.25) is 4.79 Å². The predicted molar refractivity (Wildman–Crippen MR) is 67.0 cm³/mol. The van der Waals surface area contributed by atoms with Crippen LogP contribution in [-0.2, 0) is 0 Å². The van der Waals surface area contributed by atoms with Gasteiger partial charge in [0.15, 0.2) is 0 Å². The van der Waals surface area contributed by atoms with E-state index in [9.17, 15) is 14.7 Å². The number of amides is 1. The first-order chi connectivity index (χ1) is 9.13. The molecule has 1 atom stereocenters. The second-order valence-corrected chi connectivity index (χ2v) is 4.54. The highest BCUT2D eigenvalue weighted by Crippen LogP contribution is 2.18. The van der Waals surface area contributed by atoms with Crippen molar-refractivity contribution in [1.29, 1.82) is 0 Å². The molecule has 1 aliphatic rings. The number of piperidine rings is 1. The molecule has 19 heavy (non-hydrogen) atoms. The summed E-state index contributed by atoms with van der Waals surface area (Å²) in [5, 5.41) is 18.2. The van der Waals surface area contributed by atoms with Crippen molar-refractivity contribution in [1.82, 2.24) is 9.88 Å². The molecular weight excluding hydrogens is 248 g/mol. The first-order valence-electron chi connectivity index (χ1n) is 6.25. The van der Waals surface area contributed by atoms with E-state index in [4.69, 9.17) is 5.11 Å². The molecule has 2 rings (SSSR count). The first kappa shape index (κ1) is 13.5. The lowest BCUT2D eigenvalue weighted by molar-refractivity contribution is 0.0497. The molecule has 102 valence electrons. The zero-order chi connectivity index (χ0) is 13.8. The number of carbonyl (C=O) groups excluding carboxylic acids is 1. The molecule has 0 bridgehead atoms. The second-order valence-electron chi connectivity index (χ2n) is 4.54. The summed E-state index contributed by atoms with van der Waals surface area (Å²) in [4.78, 5) is 28.6. The Morgan fingerprint density at radius 2 is 2.05 bits per heavy atom. The van der Waals surface area contributed by atoms with Crippen LogP contribution in [0.1, 0.15) is 40.2 Å². The molecule has 6 nitrogen and oxygen atoms in total. The third-order valence-electron chi connectivity index (χ3n) is 3.29. The minimum absolute atomic E-state index is 0.0790. The maximum absolute atomic E-state index is 12.3. The lowest BCUT2D eigenvalue weighted by Crippen LogP contribution is -2.45. The van der Waals surface area contributed by atoms with Crippen LogP contribution in [0.25, 0.3) is 0 Å². The van der Waals surface area contributed by atoms with Gasteiger partial charge < -0.3 is 15.1 Å². The van der Waals surface area contributed by atoms with Crippen LogP contribution in [0, 0.1) is 0 Å². The van der Waals surface area contributed by atoms with E-state index in [0.717, 1.165) is 19.3 Å². The summed E-state index contributed by atoms with van der Waals surface area (Å²) in [5.74, 6) is -1.48. The van der Waals surface area contributed by atoms with Crippen LogP contribution >= 0.6 is 0 Å². The third-order valence-corrected chi connectivity index (χ3v) is 3.29. The van der Waals surface area contributed by atoms with Crippen LogP contribution < -0.4 is 0 Å². The molecular formula is C13H16N2O4. The molecule has 1 unspecified atom stereocenters. The summed E-state index contributed by atoms with van der Waals surface area (Å²) in [5.41, 5.74) is -0.0383. The lowest BCUT2D eigenvalue weighted by atomic mass is 10.0. The summed E-state index contributed by atoms with van der Waals surface area (Å²) >= 11 is 0. The van der Waals surface area contributed by atoms with E-state index < -0.39 is 5.97 Å². The Kier molecular flexibility index (Phi) is 4.11. The van der Waals surface area contributed by atoms with Gasteiger partial charge in [0.05, 0.1) is 12.6 Å². The molecule has 1 saturated heterocycles. The fourth-order valence-corrected chi connectivity index (χ4v) is 2.28. The summed E-state index contributed by atoms with van der Waals surface area (Å²) in [6.07, 6.45) is 2.64. The van der Waals surface area contributed by atoms with Crippen molar-refractivity contribution in [3.8, 4) is 0 Å². The first-order valence-corrected chi connectivity index (χ1v) is 6.25. The number of carboxylic acid groups (broad SMARTS) is 1. The monoisotopic (exact) mass is 264 g/mol. The highest BCUT2D eigenvalue weighted by atomic mass is 16.4. The standard InChI is InChI=1S/C13H16N2O4/c16-8-9-4-1-2-7-15(9)12(17)10-5-3-6-11(14-10)13(18)19/h3,5-6,9,16H,1-2,4,7-8H2,(H,18,19).